The van der Waals surface area contributed by atoms with Crippen molar-refractivity contribution in [2.45, 2.75) is 32.5 Å². The Morgan fingerprint density at radius 1 is 1.36 bits per heavy atom. The van der Waals surface area contributed by atoms with Crippen molar-refractivity contribution in [3.63, 3.8) is 0 Å². The summed E-state index contributed by atoms with van der Waals surface area (Å²) in [6.45, 7) is 3.35. The summed E-state index contributed by atoms with van der Waals surface area (Å²) in [5.41, 5.74) is 0. The van der Waals surface area contributed by atoms with Crippen LogP contribution in [0.1, 0.15) is 26.7 Å². The Bertz CT molecular complexity index is 220. The van der Waals surface area contributed by atoms with Crippen LogP contribution in [0.15, 0.2) is 0 Å². The predicted molar refractivity (Wildman–Crippen MR) is 52.1 cm³/mol. The van der Waals surface area contributed by atoms with Gasteiger partial charge in [0.2, 0.25) is 0 Å². The van der Waals surface area contributed by atoms with Gasteiger partial charge in [0.25, 0.3) is 0 Å². The molecule has 14 heavy (non-hydrogen) atoms. The average Bonchev–Trinajstić information content (AvgIpc) is 2.16. The standard InChI is InChI=1S/C8H17O5P/c1-5-6-8(9)13-7(2)14(10,11-3)12-4/h7H,5-6H2,1-4H3. The molecule has 0 saturated heterocycles. The third-order valence-electron chi connectivity index (χ3n) is 1.71. The summed E-state index contributed by atoms with van der Waals surface area (Å²) in [6, 6.07) is 0. The molecule has 0 aromatic rings. The molecular weight excluding hydrogens is 207 g/mol. The third kappa shape index (κ3) is 3.78. The molecule has 1 unspecified atom stereocenters. The topological polar surface area (TPSA) is 61.8 Å². The molecule has 0 N–H and O–H groups in total. The van der Waals surface area contributed by atoms with Crippen LogP contribution in [-0.4, -0.2) is 26.0 Å². The van der Waals surface area contributed by atoms with E-state index < -0.39 is 19.4 Å². The Balaban J connectivity index is 4.25. The minimum atomic E-state index is -3.29. The maximum atomic E-state index is 11.7. The number of hydrogen-bond donors (Lipinski definition) is 0. The van der Waals surface area contributed by atoms with Crippen LogP contribution < -0.4 is 0 Å². The highest BCUT2D eigenvalue weighted by atomic mass is 31.2. The molecular formula is C8H17O5P. The first-order chi connectivity index (χ1) is 6.50. The van der Waals surface area contributed by atoms with Gasteiger partial charge in [-0.2, -0.15) is 0 Å². The first kappa shape index (κ1) is 13.6. The average molecular weight is 224 g/mol. The summed E-state index contributed by atoms with van der Waals surface area (Å²) in [5.74, 6) is -1.26. The molecule has 0 heterocycles. The smallest absolute Gasteiger partial charge is 0.370 e. The molecule has 0 spiro atoms. The van der Waals surface area contributed by atoms with Gasteiger partial charge in [-0.05, 0) is 13.3 Å². The normalized spacial score (nSPS) is 13.7. The van der Waals surface area contributed by atoms with Crippen molar-refractivity contribution in [3.05, 3.63) is 0 Å². The van der Waals surface area contributed by atoms with Crippen molar-refractivity contribution in [2.75, 3.05) is 14.2 Å². The van der Waals surface area contributed by atoms with Gasteiger partial charge < -0.3 is 13.8 Å². The van der Waals surface area contributed by atoms with Gasteiger partial charge in [0.15, 0.2) is 5.85 Å². The Labute approximate surface area is 84.3 Å². The lowest BCUT2D eigenvalue weighted by atomic mass is 10.3. The van der Waals surface area contributed by atoms with Crippen LogP contribution in [0.5, 0.6) is 0 Å². The van der Waals surface area contributed by atoms with Gasteiger partial charge in [0.05, 0.1) is 0 Å². The Hall–Kier alpha value is -0.380. The molecule has 0 radical (unpaired) electrons. The van der Waals surface area contributed by atoms with E-state index in [9.17, 15) is 9.36 Å². The van der Waals surface area contributed by atoms with E-state index >= 15 is 0 Å². The molecule has 0 aromatic heterocycles. The van der Waals surface area contributed by atoms with Gasteiger partial charge in [-0.15, -0.1) is 0 Å². The van der Waals surface area contributed by atoms with Crippen LogP contribution in [0.3, 0.4) is 0 Å². The minimum Gasteiger partial charge on any atom is -0.450 e. The maximum Gasteiger partial charge on any atom is 0.370 e. The quantitative estimate of drug-likeness (QED) is 0.511. The number of carbonyl (C=O) groups excluding carboxylic acids is 1. The molecule has 1 atom stereocenters. The summed E-state index contributed by atoms with van der Waals surface area (Å²) in [7, 11) is -0.776. The summed E-state index contributed by atoms with van der Waals surface area (Å²) in [5, 5.41) is 0. The van der Waals surface area contributed by atoms with Crippen LogP contribution >= 0.6 is 7.60 Å². The number of ether oxygens (including phenoxy) is 1. The molecule has 0 fully saturated rings. The zero-order chi connectivity index (χ0) is 11.2. The third-order valence-corrected chi connectivity index (χ3v) is 3.72. The fraction of sp³-hybridized carbons (Fsp3) is 0.875. The number of carbonyl (C=O) groups is 1. The lowest BCUT2D eigenvalue weighted by Gasteiger charge is -2.20. The van der Waals surface area contributed by atoms with E-state index in [4.69, 9.17) is 4.74 Å². The minimum absolute atomic E-state index is 0.303. The predicted octanol–water partition coefficient (Wildman–Crippen LogP) is 2.16. The molecule has 0 rings (SSSR count). The number of esters is 1. The van der Waals surface area contributed by atoms with Crippen molar-refractivity contribution in [1.82, 2.24) is 0 Å². The number of hydrogen-bond acceptors (Lipinski definition) is 5. The van der Waals surface area contributed by atoms with E-state index in [-0.39, 0.29) is 0 Å². The van der Waals surface area contributed by atoms with E-state index in [0.29, 0.717) is 12.8 Å². The van der Waals surface area contributed by atoms with E-state index in [1.54, 1.807) is 0 Å². The second kappa shape index (κ2) is 6.17. The molecule has 0 aromatic carbocycles. The van der Waals surface area contributed by atoms with Crippen molar-refractivity contribution in [1.29, 1.82) is 0 Å². The van der Waals surface area contributed by atoms with Crippen molar-refractivity contribution >= 4 is 13.6 Å². The molecule has 0 amide bonds. The van der Waals surface area contributed by atoms with Gasteiger partial charge in [0, 0.05) is 20.6 Å². The van der Waals surface area contributed by atoms with Gasteiger partial charge in [-0.3, -0.25) is 9.36 Å². The first-order valence-electron chi connectivity index (χ1n) is 4.40. The monoisotopic (exact) mass is 224 g/mol. The van der Waals surface area contributed by atoms with Gasteiger partial charge in [0.1, 0.15) is 0 Å². The summed E-state index contributed by atoms with van der Waals surface area (Å²) in [6.07, 6.45) is 0.994. The Kier molecular flexibility index (Phi) is 6.00. The van der Waals surface area contributed by atoms with Crippen molar-refractivity contribution in [2.24, 2.45) is 0 Å². The largest absolute Gasteiger partial charge is 0.450 e. The summed E-state index contributed by atoms with van der Waals surface area (Å²) in [4.78, 5) is 11.1. The summed E-state index contributed by atoms with van der Waals surface area (Å²) < 4.78 is 25.9. The van der Waals surface area contributed by atoms with E-state index in [0.717, 1.165) is 0 Å². The fourth-order valence-electron chi connectivity index (χ4n) is 0.889. The van der Waals surface area contributed by atoms with Crippen LogP contribution in [0.2, 0.25) is 0 Å². The fourth-order valence-corrected chi connectivity index (χ4v) is 1.88. The highest BCUT2D eigenvalue weighted by molar-refractivity contribution is 7.54. The molecule has 5 nitrogen and oxygen atoms in total. The van der Waals surface area contributed by atoms with Crippen LogP contribution in [-0.2, 0) is 23.1 Å². The van der Waals surface area contributed by atoms with Crippen LogP contribution in [0.4, 0.5) is 0 Å². The summed E-state index contributed by atoms with van der Waals surface area (Å²) >= 11 is 0. The molecule has 0 saturated carbocycles. The zero-order valence-electron chi connectivity index (χ0n) is 8.98. The lowest BCUT2D eigenvalue weighted by Crippen LogP contribution is -2.16. The highest BCUT2D eigenvalue weighted by Crippen LogP contribution is 2.51. The Morgan fingerprint density at radius 3 is 2.21 bits per heavy atom. The second-order valence-electron chi connectivity index (χ2n) is 2.74. The molecule has 84 valence electrons. The van der Waals surface area contributed by atoms with Crippen LogP contribution in [0, 0.1) is 0 Å². The van der Waals surface area contributed by atoms with Gasteiger partial charge >= 0.3 is 13.6 Å². The van der Waals surface area contributed by atoms with Gasteiger partial charge in [-0.1, -0.05) is 6.92 Å². The van der Waals surface area contributed by atoms with Crippen molar-refractivity contribution < 1.29 is 23.1 Å². The van der Waals surface area contributed by atoms with Crippen LogP contribution in [0.25, 0.3) is 0 Å². The first-order valence-corrected chi connectivity index (χ1v) is 6.02. The molecule has 6 heteroatoms. The van der Waals surface area contributed by atoms with E-state index in [1.165, 1.54) is 21.1 Å². The zero-order valence-corrected chi connectivity index (χ0v) is 9.87. The highest BCUT2D eigenvalue weighted by Gasteiger charge is 2.33. The maximum absolute atomic E-state index is 11.7. The second-order valence-corrected chi connectivity index (χ2v) is 5.28. The van der Waals surface area contributed by atoms with E-state index in [2.05, 4.69) is 9.05 Å². The molecule has 0 aliphatic heterocycles. The number of rotatable bonds is 6. The SMILES string of the molecule is CCCC(=O)OC(C)P(=O)(OC)OC. The molecule has 0 aliphatic rings. The van der Waals surface area contributed by atoms with Gasteiger partial charge in [-0.25, -0.2) is 0 Å². The lowest BCUT2D eigenvalue weighted by molar-refractivity contribution is -0.145. The molecule has 0 bridgehead atoms. The van der Waals surface area contributed by atoms with E-state index in [1.807, 2.05) is 6.92 Å². The van der Waals surface area contributed by atoms with Crippen molar-refractivity contribution in [3.8, 4) is 0 Å². The molecule has 0 aliphatic carbocycles. The Morgan fingerprint density at radius 2 is 1.86 bits per heavy atom.